The second-order valence-electron chi connectivity index (χ2n) is 5.73. The van der Waals surface area contributed by atoms with Gasteiger partial charge in [0.15, 0.2) is 0 Å². The number of amides is 1. The van der Waals surface area contributed by atoms with Gasteiger partial charge in [-0.2, -0.15) is 5.10 Å². The highest BCUT2D eigenvalue weighted by atomic mass is 32.2. The van der Waals surface area contributed by atoms with Gasteiger partial charge in [0, 0.05) is 18.4 Å². The number of benzene rings is 1. The van der Waals surface area contributed by atoms with E-state index in [4.69, 9.17) is 0 Å². The summed E-state index contributed by atoms with van der Waals surface area (Å²) in [4.78, 5) is 12.3. The van der Waals surface area contributed by atoms with Gasteiger partial charge in [-0.15, -0.1) is 11.8 Å². The van der Waals surface area contributed by atoms with Crippen LogP contribution in [-0.4, -0.2) is 34.3 Å². The maximum atomic E-state index is 12.3. The van der Waals surface area contributed by atoms with Gasteiger partial charge in [-0.3, -0.25) is 4.79 Å². The molecule has 0 spiro atoms. The molecule has 0 aliphatic rings. The SMILES string of the molecule is CCCCCCCCCS/C(=N/N(C)C(=O)c1ccccc1)SC. The largest absolute Gasteiger partial charge is 0.273 e. The van der Waals surface area contributed by atoms with E-state index in [-0.39, 0.29) is 5.91 Å². The van der Waals surface area contributed by atoms with Gasteiger partial charge in [-0.1, -0.05) is 75.4 Å². The molecule has 0 N–H and O–H groups in total. The van der Waals surface area contributed by atoms with Crippen LogP contribution in [0.25, 0.3) is 0 Å². The van der Waals surface area contributed by atoms with Crippen LogP contribution in [0.1, 0.15) is 62.2 Å². The summed E-state index contributed by atoms with van der Waals surface area (Å²) in [5.41, 5.74) is 0.668. The van der Waals surface area contributed by atoms with Crippen LogP contribution in [0, 0.1) is 0 Å². The van der Waals surface area contributed by atoms with Gasteiger partial charge in [-0.05, 0) is 24.8 Å². The van der Waals surface area contributed by atoms with Crippen LogP contribution in [-0.2, 0) is 0 Å². The van der Waals surface area contributed by atoms with Crippen LogP contribution in [0.4, 0.5) is 0 Å². The lowest BCUT2D eigenvalue weighted by molar-refractivity contribution is 0.0800. The van der Waals surface area contributed by atoms with E-state index in [1.54, 1.807) is 30.6 Å². The molecule has 0 aliphatic carbocycles. The molecule has 0 radical (unpaired) electrons. The van der Waals surface area contributed by atoms with E-state index in [0.717, 1.165) is 10.1 Å². The van der Waals surface area contributed by atoms with Gasteiger partial charge in [0.25, 0.3) is 5.91 Å². The van der Waals surface area contributed by atoms with Crippen LogP contribution >= 0.6 is 23.5 Å². The Bertz CT molecular complexity index is 491. The van der Waals surface area contributed by atoms with Gasteiger partial charge >= 0.3 is 0 Å². The summed E-state index contributed by atoms with van der Waals surface area (Å²) in [7, 11) is 1.72. The number of unbranched alkanes of at least 4 members (excludes halogenated alkanes) is 6. The maximum Gasteiger partial charge on any atom is 0.273 e. The number of rotatable bonds is 10. The molecule has 0 atom stereocenters. The Balaban J connectivity index is 2.31. The third kappa shape index (κ3) is 8.78. The van der Waals surface area contributed by atoms with E-state index in [0.29, 0.717) is 5.56 Å². The topological polar surface area (TPSA) is 32.7 Å². The van der Waals surface area contributed by atoms with Crippen LogP contribution in [0.5, 0.6) is 0 Å². The fourth-order valence-electron chi connectivity index (χ4n) is 2.28. The van der Waals surface area contributed by atoms with Gasteiger partial charge < -0.3 is 0 Å². The monoisotopic (exact) mass is 366 g/mol. The molecule has 0 bridgehead atoms. The molecule has 0 aromatic heterocycles. The highest BCUT2D eigenvalue weighted by Gasteiger charge is 2.11. The number of nitrogens with zero attached hydrogens (tertiary/aromatic N) is 2. The van der Waals surface area contributed by atoms with E-state index in [9.17, 15) is 4.79 Å². The van der Waals surface area contributed by atoms with Gasteiger partial charge in [-0.25, -0.2) is 5.01 Å². The van der Waals surface area contributed by atoms with E-state index in [2.05, 4.69) is 12.0 Å². The van der Waals surface area contributed by atoms with E-state index < -0.39 is 0 Å². The number of thioether (sulfide) groups is 2. The van der Waals surface area contributed by atoms with Gasteiger partial charge in [0.2, 0.25) is 0 Å². The van der Waals surface area contributed by atoms with E-state index in [1.165, 1.54) is 50.0 Å². The average Bonchev–Trinajstić information content (AvgIpc) is 2.62. The van der Waals surface area contributed by atoms with Crippen molar-refractivity contribution in [2.45, 2.75) is 51.9 Å². The Morgan fingerprint density at radius 3 is 2.29 bits per heavy atom. The number of hydrogen-bond acceptors (Lipinski definition) is 4. The molecule has 0 saturated heterocycles. The Labute approximate surface area is 155 Å². The molecule has 0 saturated carbocycles. The number of hydrazone groups is 1. The number of hydrogen-bond donors (Lipinski definition) is 0. The molecule has 1 aromatic carbocycles. The summed E-state index contributed by atoms with van der Waals surface area (Å²) in [5, 5.41) is 5.90. The first-order valence-corrected chi connectivity index (χ1v) is 11.0. The Morgan fingerprint density at radius 2 is 1.67 bits per heavy atom. The molecule has 134 valence electrons. The van der Waals surface area contributed by atoms with Gasteiger partial charge in [0.05, 0.1) is 0 Å². The molecule has 3 nitrogen and oxygen atoms in total. The van der Waals surface area contributed by atoms with Crippen molar-refractivity contribution in [1.82, 2.24) is 5.01 Å². The number of carbonyl (C=O) groups excluding carboxylic acids is 1. The smallest absolute Gasteiger partial charge is 0.267 e. The van der Waals surface area contributed by atoms with Crippen molar-refractivity contribution in [3.8, 4) is 0 Å². The second kappa shape index (κ2) is 13.4. The molecule has 0 aliphatic heterocycles. The van der Waals surface area contributed by atoms with Crippen LogP contribution in [0.3, 0.4) is 0 Å². The molecular formula is C19H30N2OS2. The Morgan fingerprint density at radius 1 is 1.04 bits per heavy atom. The molecule has 1 amide bonds. The first kappa shape index (κ1) is 21.1. The van der Waals surface area contributed by atoms with Crippen LogP contribution in [0.2, 0.25) is 0 Å². The lowest BCUT2D eigenvalue weighted by Gasteiger charge is -2.13. The first-order valence-electron chi connectivity index (χ1n) is 8.77. The molecule has 0 fully saturated rings. The summed E-state index contributed by atoms with van der Waals surface area (Å²) in [6.07, 6.45) is 11.2. The molecular weight excluding hydrogens is 336 g/mol. The zero-order valence-electron chi connectivity index (χ0n) is 15.2. The van der Waals surface area contributed by atoms with Crippen molar-refractivity contribution in [3.05, 3.63) is 35.9 Å². The molecule has 1 rings (SSSR count). The third-order valence-electron chi connectivity index (χ3n) is 3.69. The van der Waals surface area contributed by atoms with Crippen molar-refractivity contribution < 1.29 is 4.79 Å². The molecule has 1 aromatic rings. The van der Waals surface area contributed by atoms with E-state index >= 15 is 0 Å². The standard InChI is InChI=1S/C19H30N2OS2/c1-4-5-6-7-8-9-13-16-24-19(23-3)20-21(2)18(22)17-14-11-10-12-15-17/h10-12,14-15H,4-9,13,16H2,1-3H3/b20-19+. The predicted octanol–water partition coefficient (Wildman–Crippen LogP) is 5.88. The first-order chi connectivity index (χ1) is 11.7. The third-order valence-corrected chi connectivity index (χ3v) is 5.80. The fourth-order valence-corrected chi connectivity index (χ4v) is 3.91. The average molecular weight is 367 g/mol. The van der Waals surface area contributed by atoms with Crippen molar-refractivity contribution in [3.63, 3.8) is 0 Å². The summed E-state index contributed by atoms with van der Waals surface area (Å²) in [6, 6.07) is 9.29. The lowest BCUT2D eigenvalue weighted by atomic mass is 10.1. The summed E-state index contributed by atoms with van der Waals surface area (Å²) in [6.45, 7) is 2.25. The highest BCUT2D eigenvalue weighted by Crippen LogP contribution is 2.18. The van der Waals surface area contributed by atoms with Crippen molar-refractivity contribution in [1.29, 1.82) is 0 Å². The van der Waals surface area contributed by atoms with E-state index in [1.807, 2.05) is 36.6 Å². The Kier molecular flexibility index (Phi) is 11.7. The molecule has 0 unspecified atom stereocenters. The highest BCUT2D eigenvalue weighted by molar-refractivity contribution is 8.38. The van der Waals surface area contributed by atoms with Crippen molar-refractivity contribution in [2.75, 3.05) is 19.1 Å². The zero-order chi connectivity index (χ0) is 17.6. The predicted molar refractivity (Wildman–Crippen MR) is 110 cm³/mol. The minimum Gasteiger partial charge on any atom is -0.267 e. The Hall–Kier alpha value is -0.940. The second-order valence-corrected chi connectivity index (χ2v) is 7.87. The quantitative estimate of drug-likeness (QED) is 0.224. The summed E-state index contributed by atoms with van der Waals surface area (Å²) < 4.78 is 0.952. The number of carbonyl (C=O) groups is 1. The normalized spacial score (nSPS) is 11.5. The van der Waals surface area contributed by atoms with Crippen molar-refractivity contribution in [2.24, 2.45) is 5.10 Å². The molecule has 0 heterocycles. The molecule has 24 heavy (non-hydrogen) atoms. The molecule has 5 heteroatoms. The lowest BCUT2D eigenvalue weighted by Crippen LogP contribution is -2.22. The van der Waals surface area contributed by atoms with Crippen molar-refractivity contribution >= 4 is 33.8 Å². The van der Waals surface area contributed by atoms with Crippen LogP contribution in [0.15, 0.2) is 35.4 Å². The van der Waals surface area contributed by atoms with Crippen LogP contribution < -0.4 is 0 Å². The van der Waals surface area contributed by atoms with Gasteiger partial charge in [0.1, 0.15) is 4.38 Å². The minimum atomic E-state index is -0.0707. The summed E-state index contributed by atoms with van der Waals surface area (Å²) >= 11 is 3.35. The fraction of sp³-hybridized carbons (Fsp3) is 0.579. The maximum absolute atomic E-state index is 12.3. The zero-order valence-corrected chi connectivity index (χ0v) is 16.8. The summed E-state index contributed by atoms with van der Waals surface area (Å²) in [5.74, 6) is 1.000. The minimum absolute atomic E-state index is 0.0707.